The smallest absolute Gasteiger partial charge is 0.100 e. The van der Waals surface area contributed by atoms with E-state index in [1.165, 1.54) is 3.57 Å². The van der Waals surface area contributed by atoms with Crippen LogP contribution in [0, 0.1) is 3.57 Å². The lowest BCUT2D eigenvalue weighted by Crippen LogP contribution is -1.93. The molecule has 2 aromatic carbocycles. The number of fused-ring (bicyclic) bond motifs is 1. The Balaban J connectivity index is 1.85. The van der Waals surface area contributed by atoms with Gasteiger partial charge in [0.2, 0.25) is 0 Å². The minimum absolute atomic E-state index is 0.975. The van der Waals surface area contributed by atoms with E-state index in [0.29, 0.717) is 0 Å². The van der Waals surface area contributed by atoms with Crippen molar-refractivity contribution in [1.82, 2.24) is 14.5 Å². The molecule has 0 atom stereocenters. The Kier molecular flexibility index (Phi) is 3.38. The van der Waals surface area contributed by atoms with Gasteiger partial charge in [0.1, 0.15) is 6.33 Å². The molecule has 0 aliphatic heterocycles. The number of halogens is 1. The Morgan fingerprint density at radius 3 is 2.68 bits per heavy atom. The van der Waals surface area contributed by atoms with Crippen molar-refractivity contribution in [2.45, 2.75) is 0 Å². The molecule has 0 amide bonds. The van der Waals surface area contributed by atoms with Gasteiger partial charge in [-0.1, -0.05) is 18.2 Å². The molecule has 0 radical (unpaired) electrons. The summed E-state index contributed by atoms with van der Waals surface area (Å²) in [5.74, 6) is 0. The number of imidazole rings is 1. The third-order valence-electron chi connectivity index (χ3n) is 3.59. The van der Waals surface area contributed by atoms with Crippen LogP contribution in [0.3, 0.4) is 0 Å². The van der Waals surface area contributed by atoms with Crippen molar-refractivity contribution in [3.63, 3.8) is 0 Å². The summed E-state index contributed by atoms with van der Waals surface area (Å²) in [5, 5.41) is 0. The molecule has 0 fully saturated rings. The Morgan fingerprint density at radius 1 is 0.864 bits per heavy atom. The third-order valence-corrected chi connectivity index (χ3v) is 4.27. The number of pyridine rings is 1. The zero-order chi connectivity index (χ0) is 14.9. The minimum atomic E-state index is 0.975. The van der Waals surface area contributed by atoms with Crippen LogP contribution in [-0.4, -0.2) is 14.5 Å². The summed E-state index contributed by atoms with van der Waals surface area (Å²) >= 11 is 2.31. The van der Waals surface area contributed by atoms with Crippen LogP contribution >= 0.6 is 22.6 Å². The fraction of sp³-hybridized carbons (Fsp3) is 0. The standard InChI is InChI=1S/C18H12IN3/c19-14-7-8-18-17(11-14)21-12-22(18)15-5-3-4-13(10-15)16-6-1-2-9-20-16/h1-12H. The normalized spacial score (nSPS) is 11.0. The lowest BCUT2D eigenvalue weighted by molar-refractivity contribution is 1.09. The van der Waals surface area contributed by atoms with Gasteiger partial charge in [-0.05, 0) is 65.1 Å². The zero-order valence-corrected chi connectivity index (χ0v) is 13.8. The average Bonchev–Trinajstić information content (AvgIpc) is 2.99. The minimum Gasteiger partial charge on any atom is -0.299 e. The summed E-state index contributed by atoms with van der Waals surface area (Å²) in [6.45, 7) is 0. The van der Waals surface area contributed by atoms with E-state index in [-0.39, 0.29) is 0 Å². The van der Waals surface area contributed by atoms with Crippen LogP contribution in [0.4, 0.5) is 0 Å². The number of aromatic nitrogens is 3. The molecule has 0 N–H and O–H groups in total. The van der Waals surface area contributed by atoms with Crippen LogP contribution in [0.2, 0.25) is 0 Å². The highest BCUT2D eigenvalue weighted by Gasteiger charge is 2.06. The number of benzene rings is 2. The van der Waals surface area contributed by atoms with Crippen molar-refractivity contribution >= 4 is 33.6 Å². The van der Waals surface area contributed by atoms with Gasteiger partial charge < -0.3 is 0 Å². The molecule has 0 aliphatic carbocycles. The van der Waals surface area contributed by atoms with Gasteiger partial charge in [-0.15, -0.1) is 0 Å². The van der Waals surface area contributed by atoms with E-state index in [2.05, 4.69) is 79.6 Å². The predicted octanol–water partition coefficient (Wildman–Crippen LogP) is 4.69. The van der Waals surface area contributed by atoms with E-state index < -0.39 is 0 Å². The molecule has 0 spiro atoms. The first-order valence-electron chi connectivity index (χ1n) is 6.96. The van der Waals surface area contributed by atoms with E-state index >= 15 is 0 Å². The highest BCUT2D eigenvalue weighted by molar-refractivity contribution is 14.1. The lowest BCUT2D eigenvalue weighted by atomic mass is 10.1. The maximum absolute atomic E-state index is 4.50. The molecular formula is C18H12IN3. The maximum atomic E-state index is 4.50. The molecule has 0 aliphatic rings. The second-order valence-corrected chi connectivity index (χ2v) is 6.26. The fourth-order valence-electron chi connectivity index (χ4n) is 2.54. The number of hydrogen-bond acceptors (Lipinski definition) is 2. The number of nitrogens with zero attached hydrogens (tertiary/aromatic N) is 3. The van der Waals surface area contributed by atoms with E-state index in [0.717, 1.165) is 28.0 Å². The first-order valence-corrected chi connectivity index (χ1v) is 8.03. The molecule has 0 unspecified atom stereocenters. The predicted molar refractivity (Wildman–Crippen MR) is 97.0 cm³/mol. The molecular weight excluding hydrogens is 385 g/mol. The van der Waals surface area contributed by atoms with Crippen LogP contribution in [0.25, 0.3) is 28.0 Å². The Morgan fingerprint density at radius 2 is 1.82 bits per heavy atom. The summed E-state index contributed by atoms with van der Waals surface area (Å²) in [6, 6.07) is 20.6. The van der Waals surface area contributed by atoms with Gasteiger partial charge in [-0.25, -0.2) is 4.98 Å². The average molecular weight is 397 g/mol. The molecule has 0 saturated heterocycles. The Labute approximate surface area is 141 Å². The van der Waals surface area contributed by atoms with Crippen molar-refractivity contribution in [1.29, 1.82) is 0 Å². The summed E-state index contributed by atoms with van der Waals surface area (Å²) in [7, 11) is 0. The molecule has 2 aromatic heterocycles. The molecule has 22 heavy (non-hydrogen) atoms. The van der Waals surface area contributed by atoms with Crippen molar-refractivity contribution in [3.8, 4) is 16.9 Å². The molecule has 4 heteroatoms. The van der Waals surface area contributed by atoms with Crippen molar-refractivity contribution < 1.29 is 0 Å². The van der Waals surface area contributed by atoms with Gasteiger partial charge in [-0.2, -0.15) is 0 Å². The molecule has 4 rings (SSSR count). The monoisotopic (exact) mass is 397 g/mol. The topological polar surface area (TPSA) is 30.7 Å². The molecule has 3 nitrogen and oxygen atoms in total. The van der Waals surface area contributed by atoms with E-state index in [1.807, 2.05) is 30.7 Å². The van der Waals surface area contributed by atoms with Gasteiger partial charge >= 0.3 is 0 Å². The highest BCUT2D eigenvalue weighted by Crippen LogP contribution is 2.24. The molecule has 0 saturated carbocycles. The van der Waals surface area contributed by atoms with Gasteiger partial charge in [0.05, 0.1) is 16.7 Å². The van der Waals surface area contributed by atoms with Gasteiger partial charge in [0.25, 0.3) is 0 Å². The largest absolute Gasteiger partial charge is 0.299 e. The van der Waals surface area contributed by atoms with E-state index in [4.69, 9.17) is 0 Å². The van der Waals surface area contributed by atoms with Crippen molar-refractivity contribution in [2.75, 3.05) is 0 Å². The zero-order valence-electron chi connectivity index (χ0n) is 11.6. The van der Waals surface area contributed by atoms with Gasteiger partial charge in [0, 0.05) is 21.0 Å². The maximum Gasteiger partial charge on any atom is 0.100 e. The first kappa shape index (κ1) is 13.5. The van der Waals surface area contributed by atoms with Crippen molar-refractivity contribution in [2.24, 2.45) is 0 Å². The van der Waals surface area contributed by atoms with E-state index in [9.17, 15) is 0 Å². The Hall–Kier alpha value is -2.21. The fourth-order valence-corrected chi connectivity index (χ4v) is 3.01. The second kappa shape index (κ2) is 5.53. The van der Waals surface area contributed by atoms with E-state index in [1.54, 1.807) is 0 Å². The Bertz CT molecular complexity index is 945. The van der Waals surface area contributed by atoms with Crippen molar-refractivity contribution in [3.05, 3.63) is 76.8 Å². The number of hydrogen-bond donors (Lipinski definition) is 0. The molecule has 106 valence electrons. The third kappa shape index (κ3) is 2.39. The van der Waals surface area contributed by atoms with Crippen LogP contribution < -0.4 is 0 Å². The highest BCUT2D eigenvalue weighted by atomic mass is 127. The van der Waals surface area contributed by atoms with Gasteiger partial charge in [-0.3, -0.25) is 9.55 Å². The van der Waals surface area contributed by atoms with Crippen LogP contribution in [-0.2, 0) is 0 Å². The first-order chi connectivity index (χ1) is 10.8. The summed E-state index contributed by atoms with van der Waals surface area (Å²) < 4.78 is 3.30. The molecule has 0 bridgehead atoms. The summed E-state index contributed by atoms with van der Waals surface area (Å²) in [4.78, 5) is 8.92. The molecule has 4 aromatic rings. The molecule has 2 heterocycles. The lowest BCUT2D eigenvalue weighted by Gasteiger charge is -2.07. The summed E-state index contributed by atoms with van der Waals surface area (Å²) in [6.07, 6.45) is 3.69. The SMILES string of the molecule is Ic1ccc2c(c1)ncn2-c1cccc(-c2ccccn2)c1. The van der Waals surface area contributed by atoms with Crippen LogP contribution in [0.5, 0.6) is 0 Å². The van der Waals surface area contributed by atoms with Crippen LogP contribution in [0.15, 0.2) is 73.2 Å². The van der Waals surface area contributed by atoms with Gasteiger partial charge in [0.15, 0.2) is 0 Å². The quantitative estimate of drug-likeness (QED) is 0.460. The number of rotatable bonds is 2. The second-order valence-electron chi connectivity index (χ2n) is 5.01. The summed E-state index contributed by atoms with van der Waals surface area (Å²) in [5.41, 5.74) is 5.29. The van der Waals surface area contributed by atoms with Crippen LogP contribution in [0.1, 0.15) is 0 Å².